The van der Waals surface area contributed by atoms with E-state index in [2.05, 4.69) is 10.4 Å². The van der Waals surface area contributed by atoms with Gasteiger partial charge in [-0.15, -0.1) is 0 Å². The highest BCUT2D eigenvalue weighted by atomic mass is 32.2. The molecule has 0 atom stereocenters. The Kier molecular flexibility index (Phi) is 4.20. The molecule has 1 N–H and O–H groups in total. The molecule has 1 aliphatic heterocycles. The number of ether oxygens (including phenoxy) is 1. The van der Waals surface area contributed by atoms with Gasteiger partial charge < -0.3 is 14.5 Å². The molecule has 2 aromatic rings. The Morgan fingerprint density at radius 3 is 2.65 bits per heavy atom. The zero-order chi connectivity index (χ0) is 16.4. The molecule has 23 heavy (non-hydrogen) atoms. The molecule has 9 nitrogen and oxygen atoms in total. The van der Waals surface area contributed by atoms with Crippen LogP contribution in [0.5, 0.6) is 0 Å². The van der Waals surface area contributed by atoms with Crippen LogP contribution in [0.2, 0.25) is 0 Å². The summed E-state index contributed by atoms with van der Waals surface area (Å²) < 4.78 is 38.0. The molecule has 0 saturated carbocycles. The number of nitrogens with zero attached hydrogens (tertiary/aromatic N) is 3. The van der Waals surface area contributed by atoms with Crippen molar-refractivity contribution < 1.29 is 22.4 Å². The maximum atomic E-state index is 12.4. The minimum Gasteiger partial charge on any atom is -0.438 e. The number of anilines is 1. The van der Waals surface area contributed by atoms with Crippen molar-refractivity contribution in [1.29, 1.82) is 0 Å². The van der Waals surface area contributed by atoms with Gasteiger partial charge in [0.2, 0.25) is 5.09 Å². The molecule has 3 rings (SSSR count). The summed E-state index contributed by atoms with van der Waals surface area (Å²) >= 11 is 0. The van der Waals surface area contributed by atoms with Crippen LogP contribution in [0.1, 0.15) is 10.6 Å². The van der Waals surface area contributed by atoms with Gasteiger partial charge in [-0.05, 0) is 12.1 Å². The Morgan fingerprint density at radius 2 is 2.00 bits per heavy atom. The minimum absolute atomic E-state index is 0.0852. The van der Waals surface area contributed by atoms with Gasteiger partial charge >= 0.3 is 0 Å². The van der Waals surface area contributed by atoms with Gasteiger partial charge in [-0.3, -0.25) is 9.48 Å². The number of morpholine rings is 1. The maximum absolute atomic E-state index is 12.4. The lowest BCUT2D eigenvalue weighted by molar-refractivity contribution is 0.0723. The summed E-state index contributed by atoms with van der Waals surface area (Å²) in [5, 5.41) is 6.26. The summed E-state index contributed by atoms with van der Waals surface area (Å²) in [5.41, 5.74) is 0. The van der Waals surface area contributed by atoms with E-state index in [1.807, 2.05) is 0 Å². The van der Waals surface area contributed by atoms with Gasteiger partial charge in [0.15, 0.2) is 5.76 Å². The number of aryl methyl sites for hydroxylation is 1. The van der Waals surface area contributed by atoms with Gasteiger partial charge in [0.05, 0.1) is 19.4 Å². The van der Waals surface area contributed by atoms with Crippen molar-refractivity contribution in [2.75, 3.05) is 31.6 Å². The molecule has 1 aliphatic rings. The van der Waals surface area contributed by atoms with Crippen molar-refractivity contribution in [3.05, 3.63) is 30.2 Å². The van der Waals surface area contributed by atoms with Crippen molar-refractivity contribution in [2.24, 2.45) is 7.05 Å². The van der Waals surface area contributed by atoms with E-state index in [0.29, 0.717) is 19.0 Å². The minimum atomic E-state index is -3.76. The second-order valence-corrected chi connectivity index (χ2v) is 6.80. The lowest BCUT2D eigenvalue weighted by atomic mass is 10.4. The lowest BCUT2D eigenvalue weighted by Gasteiger charge is -2.24. The normalized spacial score (nSPS) is 16.4. The highest BCUT2D eigenvalue weighted by Gasteiger charge is 2.30. The third-order valence-corrected chi connectivity index (χ3v) is 5.20. The van der Waals surface area contributed by atoms with Crippen molar-refractivity contribution in [3.8, 4) is 0 Å². The fourth-order valence-corrected chi connectivity index (χ4v) is 3.49. The summed E-state index contributed by atoms with van der Waals surface area (Å²) in [5.74, 6) is -0.154. The van der Waals surface area contributed by atoms with E-state index < -0.39 is 15.9 Å². The molecule has 1 amide bonds. The molecular weight excluding hydrogens is 324 g/mol. The van der Waals surface area contributed by atoms with Crippen LogP contribution in [0.3, 0.4) is 0 Å². The van der Waals surface area contributed by atoms with Gasteiger partial charge in [0.1, 0.15) is 5.82 Å². The number of hydrogen-bond acceptors (Lipinski definition) is 6. The van der Waals surface area contributed by atoms with Crippen LogP contribution in [0, 0.1) is 0 Å². The number of carbonyl (C=O) groups is 1. The molecule has 0 bridgehead atoms. The van der Waals surface area contributed by atoms with Gasteiger partial charge in [0.25, 0.3) is 15.9 Å². The van der Waals surface area contributed by atoms with E-state index in [9.17, 15) is 13.2 Å². The average molecular weight is 340 g/mol. The number of amides is 1. The van der Waals surface area contributed by atoms with Crippen molar-refractivity contribution in [1.82, 2.24) is 14.1 Å². The van der Waals surface area contributed by atoms with E-state index in [0.717, 1.165) is 0 Å². The lowest BCUT2D eigenvalue weighted by Crippen LogP contribution is -2.40. The third-order valence-electron chi connectivity index (χ3n) is 3.43. The van der Waals surface area contributed by atoms with Crippen molar-refractivity contribution >= 4 is 21.7 Å². The summed E-state index contributed by atoms with van der Waals surface area (Å²) in [6.07, 6.45) is 1.53. The van der Waals surface area contributed by atoms with Gasteiger partial charge in [-0.1, -0.05) is 0 Å². The molecule has 0 aliphatic carbocycles. The number of furan rings is 1. The zero-order valence-corrected chi connectivity index (χ0v) is 13.2. The Balaban J connectivity index is 1.77. The number of sulfonamides is 1. The summed E-state index contributed by atoms with van der Waals surface area (Å²) in [6, 6.07) is 4.23. The number of aromatic nitrogens is 2. The SMILES string of the molecule is Cn1nccc1NC(=O)c1ccc(S(=O)(=O)N2CCOCC2)o1. The maximum Gasteiger partial charge on any atom is 0.292 e. The van der Waals surface area contributed by atoms with Gasteiger partial charge in [-0.25, -0.2) is 8.42 Å². The third kappa shape index (κ3) is 3.14. The van der Waals surface area contributed by atoms with Crippen molar-refractivity contribution in [2.45, 2.75) is 5.09 Å². The Morgan fingerprint density at radius 1 is 1.26 bits per heavy atom. The van der Waals surface area contributed by atoms with E-state index >= 15 is 0 Å². The monoisotopic (exact) mass is 340 g/mol. The fraction of sp³-hybridized carbons (Fsp3) is 0.385. The van der Waals surface area contributed by atoms with Crippen molar-refractivity contribution in [3.63, 3.8) is 0 Å². The van der Waals surface area contributed by atoms with Crippen LogP contribution < -0.4 is 5.32 Å². The van der Waals surface area contributed by atoms with Gasteiger partial charge in [0, 0.05) is 26.2 Å². The van der Waals surface area contributed by atoms with Crippen LogP contribution in [0.15, 0.2) is 33.9 Å². The molecule has 0 spiro atoms. The standard InChI is InChI=1S/C13H16N4O5S/c1-16-11(4-5-14-16)15-13(18)10-2-3-12(22-10)23(19,20)17-6-8-21-9-7-17/h2-5H,6-9H2,1H3,(H,15,18). The molecule has 0 unspecified atom stereocenters. The van der Waals surface area contributed by atoms with Crippen LogP contribution in [-0.2, 0) is 21.8 Å². The summed E-state index contributed by atoms with van der Waals surface area (Å²) in [7, 11) is -2.08. The summed E-state index contributed by atoms with van der Waals surface area (Å²) in [4.78, 5) is 12.1. The quantitative estimate of drug-likeness (QED) is 0.857. The Bertz CT molecular complexity index is 804. The largest absolute Gasteiger partial charge is 0.438 e. The second kappa shape index (κ2) is 6.14. The molecule has 0 aromatic carbocycles. The van der Waals surface area contributed by atoms with E-state index in [1.165, 1.54) is 27.3 Å². The molecule has 2 aromatic heterocycles. The predicted molar refractivity (Wildman–Crippen MR) is 79.4 cm³/mol. The van der Waals surface area contributed by atoms with Gasteiger partial charge in [-0.2, -0.15) is 9.40 Å². The first kappa shape index (κ1) is 15.7. The molecule has 124 valence electrons. The van der Waals surface area contributed by atoms with E-state index in [4.69, 9.17) is 9.15 Å². The van der Waals surface area contributed by atoms with Crippen LogP contribution in [0.4, 0.5) is 5.82 Å². The molecule has 0 radical (unpaired) electrons. The van der Waals surface area contributed by atoms with Crippen LogP contribution in [-0.4, -0.2) is 54.7 Å². The highest BCUT2D eigenvalue weighted by molar-refractivity contribution is 7.89. The fourth-order valence-electron chi connectivity index (χ4n) is 2.17. The highest BCUT2D eigenvalue weighted by Crippen LogP contribution is 2.20. The number of carbonyl (C=O) groups excluding carboxylic acids is 1. The van der Waals surface area contributed by atoms with Crippen LogP contribution >= 0.6 is 0 Å². The molecule has 1 saturated heterocycles. The first-order valence-corrected chi connectivity index (χ1v) is 8.39. The first-order chi connectivity index (χ1) is 11.0. The zero-order valence-electron chi connectivity index (χ0n) is 12.4. The number of rotatable bonds is 4. The Hall–Kier alpha value is -2.17. The number of nitrogens with one attached hydrogen (secondary N) is 1. The summed E-state index contributed by atoms with van der Waals surface area (Å²) in [6.45, 7) is 1.21. The molecule has 3 heterocycles. The topological polar surface area (TPSA) is 107 Å². The number of hydrogen-bond donors (Lipinski definition) is 1. The second-order valence-electron chi connectivity index (χ2n) is 4.93. The molecular formula is C13H16N4O5S. The smallest absolute Gasteiger partial charge is 0.292 e. The first-order valence-electron chi connectivity index (χ1n) is 6.95. The van der Waals surface area contributed by atoms with E-state index in [-0.39, 0.29) is 23.9 Å². The average Bonchev–Trinajstić information content (AvgIpc) is 3.18. The predicted octanol–water partition coefficient (Wildman–Crippen LogP) is 0.286. The Labute approximate surface area is 132 Å². The molecule has 10 heteroatoms. The van der Waals surface area contributed by atoms with E-state index in [1.54, 1.807) is 13.1 Å². The molecule has 1 fully saturated rings. The van der Waals surface area contributed by atoms with Crippen LogP contribution in [0.25, 0.3) is 0 Å².